The van der Waals surface area contributed by atoms with Crippen molar-refractivity contribution < 1.29 is 14.5 Å². The van der Waals surface area contributed by atoms with Crippen molar-refractivity contribution in [1.82, 2.24) is 9.88 Å². The lowest BCUT2D eigenvalue weighted by Crippen LogP contribution is -2.39. The van der Waals surface area contributed by atoms with Gasteiger partial charge in [-0.1, -0.05) is 12.1 Å². The van der Waals surface area contributed by atoms with Gasteiger partial charge in [0.15, 0.2) is 10.8 Å². The summed E-state index contributed by atoms with van der Waals surface area (Å²) in [7, 11) is 1.57. The van der Waals surface area contributed by atoms with Crippen molar-refractivity contribution in [2.75, 3.05) is 31.2 Å². The van der Waals surface area contributed by atoms with Gasteiger partial charge >= 0.3 is 0 Å². The molecule has 33 heavy (non-hydrogen) atoms. The van der Waals surface area contributed by atoms with Gasteiger partial charge in [0.25, 0.3) is 12.5 Å². The predicted octanol–water partition coefficient (Wildman–Crippen LogP) is 3.35. The number of aromatic nitrogens is 1. The molecule has 0 saturated carbocycles. The summed E-state index contributed by atoms with van der Waals surface area (Å²) < 4.78 is 5.15. The lowest BCUT2D eigenvalue weighted by atomic mass is 10.1. The number of hydrogen-bond donors (Lipinski definition) is 2. The number of carbonyl (C=O) groups excluding carboxylic acids is 1. The van der Waals surface area contributed by atoms with Crippen molar-refractivity contribution in [3.8, 4) is 5.75 Å². The first kappa shape index (κ1) is 22.2. The zero-order valence-electron chi connectivity index (χ0n) is 17.9. The van der Waals surface area contributed by atoms with E-state index in [1.165, 1.54) is 11.3 Å². The Bertz CT molecular complexity index is 1210. The van der Waals surface area contributed by atoms with Crippen LogP contribution in [0.3, 0.4) is 0 Å². The van der Waals surface area contributed by atoms with E-state index in [0.717, 1.165) is 10.6 Å². The average molecular weight is 467 g/mol. The average Bonchev–Trinajstić information content (AvgIpc) is 3.24. The van der Waals surface area contributed by atoms with Crippen molar-refractivity contribution in [1.29, 1.82) is 0 Å². The van der Waals surface area contributed by atoms with Crippen LogP contribution in [0.15, 0.2) is 53.5 Å². The molecule has 1 aromatic heterocycles. The molecule has 1 amide bonds. The third-order valence-corrected chi connectivity index (χ3v) is 6.18. The number of carbonyl (C=O) groups is 1. The summed E-state index contributed by atoms with van der Waals surface area (Å²) >= 11 is 1.27. The van der Waals surface area contributed by atoms with Crippen LogP contribution in [0.25, 0.3) is 0 Å². The summed E-state index contributed by atoms with van der Waals surface area (Å²) in [4.78, 5) is 35.3. The highest BCUT2D eigenvalue weighted by Crippen LogP contribution is 2.28. The van der Waals surface area contributed by atoms with Gasteiger partial charge in [-0.05, 0) is 36.4 Å². The highest BCUT2D eigenvalue weighted by Gasteiger charge is 2.27. The second-order valence-electron chi connectivity index (χ2n) is 7.32. The first-order valence-electron chi connectivity index (χ1n) is 10.2. The zero-order chi connectivity index (χ0) is 23.4. The fourth-order valence-corrected chi connectivity index (χ4v) is 4.45. The number of nitrogens with one attached hydrogen (secondary N) is 1. The Morgan fingerprint density at radius 2 is 2.06 bits per heavy atom. The van der Waals surface area contributed by atoms with Crippen LogP contribution < -0.4 is 15.8 Å². The first-order chi connectivity index (χ1) is 15.9. The molecule has 2 heterocycles. The minimum atomic E-state index is -0.402. The summed E-state index contributed by atoms with van der Waals surface area (Å²) in [6.45, 7) is 0.517. The van der Waals surface area contributed by atoms with E-state index in [-0.39, 0.29) is 5.91 Å². The summed E-state index contributed by atoms with van der Waals surface area (Å²) in [5.74, 6) is 0.698. The predicted molar refractivity (Wildman–Crippen MR) is 127 cm³/mol. The Labute approximate surface area is 193 Å². The quantitative estimate of drug-likeness (QED) is 0.187. The number of aliphatic imine (C=N–C) groups is 1. The molecule has 170 valence electrons. The van der Waals surface area contributed by atoms with Crippen LogP contribution in [0.5, 0.6) is 5.75 Å². The van der Waals surface area contributed by atoms with Crippen LogP contribution >= 0.6 is 11.3 Å². The molecule has 0 atom stereocenters. The number of nitrogen functional groups attached to an aromatic ring is 1. The zero-order valence-corrected chi connectivity index (χ0v) is 18.7. The van der Waals surface area contributed by atoms with Crippen LogP contribution in [0.1, 0.15) is 20.4 Å². The van der Waals surface area contributed by atoms with E-state index >= 15 is 0 Å². The number of para-hydroxylation sites is 2. The first-order valence-corrected chi connectivity index (χ1v) is 11.0. The Kier molecular flexibility index (Phi) is 6.50. The summed E-state index contributed by atoms with van der Waals surface area (Å²) in [6.07, 6.45) is 0.561. The molecule has 0 saturated heterocycles. The van der Waals surface area contributed by atoms with E-state index in [2.05, 4.69) is 15.3 Å². The number of methoxy groups -OCH3 is 1. The van der Waals surface area contributed by atoms with Crippen LogP contribution in [-0.2, 0) is 13.0 Å². The van der Waals surface area contributed by atoms with Crippen molar-refractivity contribution in [3.05, 3.63) is 74.2 Å². The van der Waals surface area contributed by atoms with Crippen LogP contribution in [-0.4, -0.2) is 46.7 Å². The molecule has 3 N–H and O–H groups in total. The SMILES string of the molecule is COc1ccc(N=C(C[N+](=O)[O-])N2CCc3nc(C(=O)Nc4ccccc4N)sc3C2)cc1. The van der Waals surface area contributed by atoms with E-state index in [0.29, 0.717) is 53.2 Å². The number of ether oxygens (including phenoxy) is 1. The molecular formula is C22H22N6O4S. The number of anilines is 2. The van der Waals surface area contributed by atoms with Crippen LogP contribution in [0.2, 0.25) is 0 Å². The van der Waals surface area contributed by atoms with Crippen LogP contribution in [0.4, 0.5) is 17.1 Å². The lowest BCUT2D eigenvalue weighted by Gasteiger charge is -2.27. The molecule has 0 radical (unpaired) electrons. The smallest absolute Gasteiger partial charge is 0.284 e. The number of amidine groups is 1. The molecule has 3 aromatic rings. The molecule has 1 aliphatic heterocycles. The second-order valence-corrected chi connectivity index (χ2v) is 8.40. The topological polar surface area (TPSA) is 136 Å². The Morgan fingerprint density at radius 3 is 2.76 bits per heavy atom. The minimum Gasteiger partial charge on any atom is -0.497 e. The van der Waals surface area contributed by atoms with Gasteiger partial charge in [-0.25, -0.2) is 9.98 Å². The molecule has 11 heteroatoms. The molecule has 0 fully saturated rings. The van der Waals surface area contributed by atoms with Crippen molar-refractivity contribution in [2.45, 2.75) is 13.0 Å². The third kappa shape index (κ3) is 5.26. The Balaban J connectivity index is 1.53. The number of fused-ring (bicyclic) bond motifs is 1. The number of nitrogens with two attached hydrogens (primary N) is 1. The monoisotopic (exact) mass is 466 g/mol. The molecule has 2 aromatic carbocycles. The fraction of sp³-hybridized carbons (Fsp3) is 0.227. The van der Waals surface area contributed by atoms with Gasteiger partial charge < -0.3 is 20.7 Å². The largest absolute Gasteiger partial charge is 0.497 e. The van der Waals surface area contributed by atoms with E-state index in [9.17, 15) is 14.9 Å². The Morgan fingerprint density at radius 1 is 1.30 bits per heavy atom. The number of benzene rings is 2. The number of rotatable bonds is 6. The number of nitro groups is 1. The van der Waals surface area contributed by atoms with E-state index in [4.69, 9.17) is 10.5 Å². The van der Waals surface area contributed by atoms with Gasteiger partial charge in [-0.2, -0.15) is 0 Å². The maximum Gasteiger partial charge on any atom is 0.284 e. The number of thiazole rings is 1. The van der Waals surface area contributed by atoms with Crippen molar-refractivity contribution >= 4 is 40.1 Å². The van der Waals surface area contributed by atoms with Gasteiger partial charge in [-0.15, -0.1) is 11.3 Å². The highest BCUT2D eigenvalue weighted by atomic mass is 32.1. The molecule has 0 bridgehead atoms. The maximum atomic E-state index is 12.7. The third-order valence-electron chi connectivity index (χ3n) is 5.10. The number of amides is 1. The van der Waals surface area contributed by atoms with Crippen LogP contribution in [0, 0.1) is 10.1 Å². The minimum absolute atomic E-state index is 0.327. The standard InChI is InChI=1S/C22H22N6O4S/c1-32-15-8-6-14(7-9-15)24-20(13-28(30)31)27-11-10-18-19(12-27)33-22(26-18)21(29)25-17-5-3-2-4-16(17)23/h2-9H,10-13,23H2,1H3,(H,25,29). The normalized spacial score (nSPS) is 13.4. The van der Waals surface area contributed by atoms with E-state index in [1.54, 1.807) is 55.6 Å². The van der Waals surface area contributed by atoms with Gasteiger partial charge in [0.05, 0.1) is 36.4 Å². The van der Waals surface area contributed by atoms with E-state index in [1.807, 2.05) is 4.90 Å². The molecular weight excluding hydrogens is 444 g/mol. The maximum absolute atomic E-state index is 12.7. The fourth-order valence-electron chi connectivity index (χ4n) is 3.43. The highest BCUT2D eigenvalue weighted by molar-refractivity contribution is 7.13. The second kappa shape index (κ2) is 9.65. The van der Waals surface area contributed by atoms with Crippen molar-refractivity contribution in [2.24, 2.45) is 4.99 Å². The summed E-state index contributed by atoms with van der Waals surface area (Å²) in [5.41, 5.74) is 8.32. The van der Waals surface area contributed by atoms with Gasteiger partial charge in [0.1, 0.15) is 5.75 Å². The Hall–Kier alpha value is -3.99. The molecule has 0 unspecified atom stereocenters. The number of nitrogens with zero attached hydrogens (tertiary/aromatic N) is 4. The molecule has 1 aliphatic rings. The van der Waals surface area contributed by atoms with Gasteiger partial charge in [-0.3, -0.25) is 14.9 Å². The summed E-state index contributed by atoms with van der Waals surface area (Å²) in [6, 6.07) is 14.0. The van der Waals surface area contributed by atoms with Gasteiger partial charge in [0, 0.05) is 22.8 Å². The molecule has 0 aliphatic carbocycles. The van der Waals surface area contributed by atoms with Gasteiger partial charge in [0.2, 0.25) is 0 Å². The molecule has 0 spiro atoms. The van der Waals surface area contributed by atoms with E-state index < -0.39 is 11.5 Å². The number of hydrogen-bond acceptors (Lipinski definition) is 8. The summed E-state index contributed by atoms with van der Waals surface area (Å²) in [5, 5.41) is 14.4. The van der Waals surface area contributed by atoms with Crippen molar-refractivity contribution in [3.63, 3.8) is 0 Å². The lowest BCUT2D eigenvalue weighted by molar-refractivity contribution is -0.464. The molecule has 10 nitrogen and oxygen atoms in total. The molecule has 4 rings (SSSR count).